The van der Waals surface area contributed by atoms with Gasteiger partial charge in [-0.25, -0.2) is 4.79 Å². The van der Waals surface area contributed by atoms with E-state index in [-0.39, 0.29) is 30.8 Å². The third-order valence-corrected chi connectivity index (χ3v) is 6.58. The molecule has 0 aromatic heterocycles. The van der Waals surface area contributed by atoms with Crippen molar-refractivity contribution in [2.24, 2.45) is 5.92 Å². The fraction of sp³-hybridized carbons (Fsp3) is 0.423. The lowest BCUT2D eigenvalue weighted by Crippen LogP contribution is -2.57. The van der Waals surface area contributed by atoms with Crippen molar-refractivity contribution in [3.05, 3.63) is 59.7 Å². The predicted molar refractivity (Wildman–Crippen MR) is 124 cm³/mol. The third-order valence-electron chi connectivity index (χ3n) is 6.58. The number of carbonyl (C=O) groups excluding carboxylic acids is 2. The molecule has 0 bridgehead atoms. The molecule has 2 aliphatic carbocycles. The summed E-state index contributed by atoms with van der Waals surface area (Å²) in [6.07, 6.45) is 1.82. The van der Waals surface area contributed by atoms with Gasteiger partial charge in [0.05, 0.1) is 6.42 Å². The molecule has 0 heterocycles. The van der Waals surface area contributed by atoms with Gasteiger partial charge in [0.2, 0.25) is 5.91 Å². The lowest BCUT2D eigenvalue weighted by atomic mass is 9.79. The number of carboxylic acid groups (broad SMARTS) is 1. The van der Waals surface area contributed by atoms with E-state index in [1.165, 1.54) is 0 Å². The molecule has 33 heavy (non-hydrogen) atoms. The minimum atomic E-state index is -0.995. The number of hydrogen-bond acceptors (Lipinski definition) is 4. The highest BCUT2D eigenvalue weighted by Gasteiger charge is 2.37. The Morgan fingerprint density at radius 3 is 2.12 bits per heavy atom. The maximum atomic E-state index is 12.9. The summed E-state index contributed by atoms with van der Waals surface area (Å²) in [5, 5.41) is 14.6. The van der Waals surface area contributed by atoms with Crippen molar-refractivity contribution in [1.29, 1.82) is 0 Å². The molecule has 7 heteroatoms. The Labute approximate surface area is 193 Å². The van der Waals surface area contributed by atoms with Gasteiger partial charge < -0.3 is 20.5 Å². The second kappa shape index (κ2) is 9.25. The van der Waals surface area contributed by atoms with E-state index in [0.717, 1.165) is 41.5 Å². The van der Waals surface area contributed by atoms with Crippen molar-refractivity contribution in [2.45, 2.75) is 57.0 Å². The van der Waals surface area contributed by atoms with Gasteiger partial charge in [-0.15, -0.1) is 0 Å². The summed E-state index contributed by atoms with van der Waals surface area (Å²) < 4.78 is 5.61. The standard InChI is InChI=1S/C26H30N2O5/c1-26(2,14-22(29)30)28-24(31)23(16-8-7-9-16)27-25(32)33-15-21-19-12-5-3-10-17(19)18-11-4-6-13-20(18)21/h3-6,10-13,16,21,23H,7-9,14-15H2,1-2H3,(H,27,32)(H,28,31)(H,29,30). The van der Waals surface area contributed by atoms with Crippen LogP contribution in [0, 0.1) is 5.92 Å². The Balaban J connectivity index is 1.41. The van der Waals surface area contributed by atoms with Gasteiger partial charge in [0.25, 0.3) is 0 Å². The van der Waals surface area contributed by atoms with E-state index in [4.69, 9.17) is 9.84 Å². The van der Waals surface area contributed by atoms with Crippen LogP contribution in [0.4, 0.5) is 4.79 Å². The maximum Gasteiger partial charge on any atom is 0.407 e. The molecular formula is C26H30N2O5. The number of carboxylic acids is 1. The fourth-order valence-corrected chi connectivity index (χ4v) is 4.77. The quantitative estimate of drug-likeness (QED) is 0.563. The Morgan fingerprint density at radius 1 is 1.03 bits per heavy atom. The van der Waals surface area contributed by atoms with Gasteiger partial charge in [-0.1, -0.05) is 55.0 Å². The molecule has 1 atom stereocenters. The lowest BCUT2D eigenvalue weighted by Gasteiger charge is -2.35. The average Bonchev–Trinajstić information content (AvgIpc) is 3.03. The smallest absolute Gasteiger partial charge is 0.407 e. The molecule has 2 aromatic rings. The maximum absolute atomic E-state index is 12.9. The van der Waals surface area contributed by atoms with E-state index >= 15 is 0 Å². The van der Waals surface area contributed by atoms with Crippen LogP contribution in [0.15, 0.2) is 48.5 Å². The molecule has 1 unspecified atom stereocenters. The molecule has 3 N–H and O–H groups in total. The Morgan fingerprint density at radius 2 is 1.61 bits per heavy atom. The number of carbonyl (C=O) groups is 3. The third kappa shape index (κ3) is 5.02. The van der Waals surface area contributed by atoms with Crippen molar-refractivity contribution >= 4 is 18.0 Å². The van der Waals surface area contributed by atoms with Crippen molar-refractivity contribution in [3.8, 4) is 11.1 Å². The minimum absolute atomic E-state index is 0.0195. The average molecular weight is 451 g/mol. The summed E-state index contributed by atoms with van der Waals surface area (Å²) in [5.74, 6) is -1.41. The van der Waals surface area contributed by atoms with E-state index < -0.39 is 23.6 Å². The highest BCUT2D eigenvalue weighted by molar-refractivity contribution is 5.87. The van der Waals surface area contributed by atoms with Crippen LogP contribution in [0.5, 0.6) is 0 Å². The molecule has 0 spiro atoms. The topological polar surface area (TPSA) is 105 Å². The summed E-state index contributed by atoms with van der Waals surface area (Å²) >= 11 is 0. The zero-order valence-corrected chi connectivity index (χ0v) is 19.0. The fourth-order valence-electron chi connectivity index (χ4n) is 4.77. The SMILES string of the molecule is CC(C)(CC(=O)O)NC(=O)C(NC(=O)OCC1c2ccccc2-c2ccccc21)C1CCC1. The van der Waals surface area contributed by atoms with Gasteiger partial charge in [0.1, 0.15) is 12.6 Å². The number of alkyl carbamates (subject to hydrolysis) is 1. The molecule has 174 valence electrons. The number of nitrogens with one attached hydrogen (secondary N) is 2. The van der Waals surface area contributed by atoms with Gasteiger partial charge in [-0.05, 0) is 54.9 Å². The Kier molecular flexibility index (Phi) is 6.40. The summed E-state index contributed by atoms with van der Waals surface area (Å²) in [4.78, 5) is 36.7. The number of ether oxygens (including phenoxy) is 1. The second-order valence-corrected chi connectivity index (χ2v) is 9.58. The summed E-state index contributed by atoms with van der Waals surface area (Å²) in [7, 11) is 0. The van der Waals surface area contributed by atoms with E-state index in [0.29, 0.717) is 0 Å². The zero-order valence-electron chi connectivity index (χ0n) is 19.0. The molecule has 1 fully saturated rings. The summed E-state index contributed by atoms with van der Waals surface area (Å²) in [5.41, 5.74) is 3.61. The number of amides is 2. The molecule has 0 aliphatic heterocycles. The van der Waals surface area contributed by atoms with Crippen LogP contribution in [0.2, 0.25) is 0 Å². The van der Waals surface area contributed by atoms with Crippen molar-refractivity contribution in [3.63, 3.8) is 0 Å². The molecule has 4 rings (SSSR count). The molecule has 1 saturated carbocycles. The number of rotatable bonds is 8. The van der Waals surface area contributed by atoms with E-state index in [2.05, 4.69) is 34.9 Å². The van der Waals surface area contributed by atoms with Gasteiger partial charge >= 0.3 is 12.1 Å². The van der Waals surface area contributed by atoms with Crippen LogP contribution in [0.25, 0.3) is 11.1 Å². The van der Waals surface area contributed by atoms with Crippen molar-refractivity contribution in [1.82, 2.24) is 10.6 Å². The first-order valence-corrected chi connectivity index (χ1v) is 11.4. The first-order chi connectivity index (χ1) is 15.7. The molecule has 2 aliphatic rings. The van der Waals surface area contributed by atoms with Gasteiger partial charge in [0.15, 0.2) is 0 Å². The Bertz CT molecular complexity index is 1010. The molecule has 7 nitrogen and oxygen atoms in total. The first-order valence-electron chi connectivity index (χ1n) is 11.4. The molecule has 2 amide bonds. The zero-order chi connectivity index (χ0) is 23.6. The summed E-state index contributed by atoms with van der Waals surface area (Å²) in [6.45, 7) is 3.48. The van der Waals surface area contributed by atoms with E-state index in [1.54, 1.807) is 13.8 Å². The predicted octanol–water partition coefficient (Wildman–Crippen LogP) is 4.06. The Hall–Kier alpha value is -3.35. The largest absolute Gasteiger partial charge is 0.481 e. The lowest BCUT2D eigenvalue weighted by molar-refractivity contribution is -0.139. The monoisotopic (exact) mass is 450 g/mol. The number of aliphatic carboxylic acids is 1. The van der Waals surface area contributed by atoms with Crippen molar-refractivity contribution < 1.29 is 24.2 Å². The van der Waals surface area contributed by atoms with Gasteiger partial charge in [0, 0.05) is 11.5 Å². The molecule has 2 aromatic carbocycles. The van der Waals surface area contributed by atoms with Crippen LogP contribution in [0.3, 0.4) is 0 Å². The normalized spacial score (nSPS) is 16.2. The number of fused-ring (bicyclic) bond motifs is 3. The molecular weight excluding hydrogens is 420 g/mol. The minimum Gasteiger partial charge on any atom is -0.481 e. The van der Waals surface area contributed by atoms with Crippen LogP contribution in [0.1, 0.15) is 56.6 Å². The van der Waals surface area contributed by atoms with Crippen molar-refractivity contribution in [2.75, 3.05) is 6.61 Å². The van der Waals surface area contributed by atoms with E-state index in [1.807, 2.05) is 24.3 Å². The van der Waals surface area contributed by atoms with Crippen LogP contribution in [-0.2, 0) is 14.3 Å². The molecule has 0 saturated heterocycles. The molecule has 0 radical (unpaired) electrons. The van der Waals surface area contributed by atoms with Gasteiger partial charge in [-0.3, -0.25) is 9.59 Å². The van der Waals surface area contributed by atoms with E-state index in [9.17, 15) is 14.4 Å². The second-order valence-electron chi connectivity index (χ2n) is 9.58. The highest BCUT2D eigenvalue weighted by Crippen LogP contribution is 2.44. The first kappa shape index (κ1) is 22.8. The van der Waals surface area contributed by atoms with Crippen LogP contribution < -0.4 is 10.6 Å². The van der Waals surface area contributed by atoms with Crippen LogP contribution >= 0.6 is 0 Å². The summed E-state index contributed by atoms with van der Waals surface area (Å²) in [6, 6.07) is 15.5. The van der Waals surface area contributed by atoms with Gasteiger partial charge in [-0.2, -0.15) is 0 Å². The number of hydrogen-bond donors (Lipinski definition) is 3. The van der Waals surface area contributed by atoms with Crippen LogP contribution in [-0.4, -0.2) is 41.3 Å². The highest BCUT2D eigenvalue weighted by atomic mass is 16.5. The number of benzene rings is 2.